The van der Waals surface area contributed by atoms with E-state index in [0.717, 1.165) is 28.8 Å². The number of halogens is 3. The van der Waals surface area contributed by atoms with Crippen LogP contribution in [0, 0.1) is 0 Å². The number of hydrogen-bond donors (Lipinski definition) is 0. The zero-order valence-electron chi connectivity index (χ0n) is 16.6. The molecule has 1 aliphatic rings. The fourth-order valence-corrected chi connectivity index (χ4v) is 4.09. The minimum atomic E-state index is -4.41. The molecule has 0 amide bonds. The first-order valence-electron chi connectivity index (χ1n) is 9.98. The molecule has 0 N–H and O–H groups in total. The maximum atomic E-state index is 13.6. The van der Waals surface area contributed by atoms with E-state index >= 15 is 0 Å². The molecule has 0 saturated carbocycles. The van der Waals surface area contributed by atoms with Crippen LogP contribution in [-0.4, -0.2) is 6.67 Å². The molecule has 0 aliphatic carbocycles. The summed E-state index contributed by atoms with van der Waals surface area (Å²) in [6.45, 7) is 0.577. The smallest absolute Gasteiger partial charge is 0.321 e. The van der Waals surface area contributed by atoms with Crippen molar-refractivity contribution in [2.75, 3.05) is 16.5 Å². The maximum absolute atomic E-state index is 13.6. The van der Waals surface area contributed by atoms with Crippen molar-refractivity contribution in [3.05, 3.63) is 109 Å². The summed E-state index contributed by atoms with van der Waals surface area (Å²) in [7, 11) is 0. The Labute approximate surface area is 178 Å². The predicted molar refractivity (Wildman–Crippen MR) is 119 cm³/mol. The van der Waals surface area contributed by atoms with Crippen LogP contribution in [0.1, 0.15) is 5.56 Å². The second-order valence-electron chi connectivity index (χ2n) is 7.42. The van der Waals surface area contributed by atoms with Gasteiger partial charge in [-0.05, 0) is 53.6 Å². The average Bonchev–Trinajstić information content (AvgIpc) is 3.19. The Hall–Kier alpha value is -3.73. The summed E-state index contributed by atoms with van der Waals surface area (Å²) in [6.07, 6.45) is -4.41. The molecule has 5 heteroatoms. The van der Waals surface area contributed by atoms with E-state index in [2.05, 4.69) is 28.0 Å². The largest absolute Gasteiger partial charge is 0.417 e. The lowest BCUT2D eigenvalue weighted by Gasteiger charge is -2.23. The van der Waals surface area contributed by atoms with E-state index in [1.807, 2.05) is 54.6 Å². The normalized spacial score (nSPS) is 13.4. The van der Waals surface area contributed by atoms with Crippen LogP contribution >= 0.6 is 0 Å². The Morgan fingerprint density at radius 2 is 1.16 bits per heavy atom. The van der Waals surface area contributed by atoms with E-state index in [0.29, 0.717) is 12.2 Å². The van der Waals surface area contributed by atoms with Crippen molar-refractivity contribution in [1.29, 1.82) is 0 Å². The van der Waals surface area contributed by atoms with Gasteiger partial charge in [0.2, 0.25) is 0 Å². The van der Waals surface area contributed by atoms with Gasteiger partial charge in [0.05, 0.1) is 16.9 Å². The van der Waals surface area contributed by atoms with Gasteiger partial charge < -0.3 is 9.80 Å². The molecule has 0 atom stereocenters. The summed E-state index contributed by atoms with van der Waals surface area (Å²) in [6, 6.07) is 31.2. The first kappa shape index (κ1) is 19.2. The first-order chi connectivity index (χ1) is 15.0. The number of para-hydroxylation sites is 3. The van der Waals surface area contributed by atoms with Crippen LogP contribution in [0.3, 0.4) is 0 Å². The molecule has 0 radical (unpaired) electrons. The van der Waals surface area contributed by atoms with Crippen LogP contribution in [0.4, 0.5) is 35.9 Å². The third-order valence-corrected chi connectivity index (χ3v) is 5.52. The highest BCUT2D eigenvalue weighted by Crippen LogP contribution is 2.45. The minimum Gasteiger partial charge on any atom is -0.321 e. The standard InChI is InChI=1S/C26H19F3N2/c27-26(28,29)23-14-5-4-13-22(23)19-9-8-12-21(17-19)31-18-30(20-10-2-1-3-11-20)24-15-6-7-16-25(24)31/h1-17H,18H2. The van der Waals surface area contributed by atoms with Gasteiger partial charge in [0, 0.05) is 11.4 Å². The Kier molecular flexibility index (Phi) is 4.66. The summed E-state index contributed by atoms with van der Waals surface area (Å²) in [5, 5.41) is 0. The van der Waals surface area contributed by atoms with E-state index in [1.54, 1.807) is 12.1 Å². The van der Waals surface area contributed by atoms with Gasteiger partial charge in [0.15, 0.2) is 0 Å². The van der Waals surface area contributed by atoms with Crippen molar-refractivity contribution in [3.63, 3.8) is 0 Å². The van der Waals surface area contributed by atoms with Crippen LogP contribution in [0.2, 0.25) is 0 Å². The molecule has 0 fully saturated rings. The molecule has 0 saturated heterocycles. The van der Waals surface area contributed by atoms with Crippen molar-refractivity contribution >= 4 is 22.7 Å². The molecular weight excluding hydrogens is 397 g/mol. The molecule has 4 aromatic carbocycles. The fourth-order valence-electron chi connectivity index (χ4n) is 4.09. The molecule has 0 bridgehead atoms. The van der Waals surface area contributed by atoms with E-state index in [-0.39, 0.29) is 5.56 Å². The van der Waals surface area contributed by atoms with Crippen molar-refractivity contribution in [2.24, 2.45) is 0 Å². The summed E-state index contributed by atoms with van der Waals surface area (Å²) in [4.78, 5) is 4.33. The zero-order valence-corrected chi connectivity index (χ0v) is 16.6. The monoisotopic (exact) mass is 416 g/mol. The van der Waals surface area contributed by atoms with Crippen molar-refractivity contribution in [2.45, 2.75) is 6.18 Å². The zero-order chi connectivity index (χ0) is 21.4. The highest BCUT2D eigenvalue weighted by atomic mass is 19.4. The lowest BCUT2D eigenvalue weighted by atomic mass is 9.98. The highest BCUT2D eigenvalue weighted by molar-refractivity contribution is 5.87. The summed E-state index contributed by atoms with van der Waals surface area (Å²) in [5.41, 5.74) is 4.10. The Morgan fingerprint density at radius 3 is 1.87 bits per heavy atom. The predicted octanol–water partition coefficient (Wildman–Crippen LogP) is 7.62. The number of nitrogens with zero attached hydrogens (tertiary/aromatic N) is 2. The molecule has 2 nitrogen and oxygen atoms in total. The van der Waals surface area contributed by atoms with Crippen LogP contribution in [0.5, 0.6) is 0 Å². The highest BCUT2D eigenvalue weighted by Gasteiger charge is 2.33. The van der Waals surface area contributed by atoms with E-state index in [9.17, 15) is 13.2 Å². The topological polar surface area (TPSA) is 6.48 Å². The number of hydrogen-bond acceptors (Lipinski definition) is 2. The summed E-state index contributed by atoms with van der Waals surface area (Å²) < 4.78 is 40.7. The lowest BCUT2D eigenvalue weighted by Crippen LogP contribution is -2.23. The summed E-state index contributed by atoms with van der Waals surface area (Å²) >= 11 is 0. The van der Waals surface area contributed by atoms with Crippen LogP contribution in [0.25, 0.3) is 11.1 Å². The molecule has 31 heavy (non-hydrogen) atoms. The van der Waals surface area contributed by atoms with Crippen LogP contribution in [0.15, 0.2) is 103 Å². The SMILES string of the molecule is FC(F)(F)c1ccccc1-c1cccc(N2CN(c3ccccc3)c3ccccc32)c1. The van der Waals surface area contributed by atoms with Crippen LogP contribution in [-0.2, 0) is 6.18 Å². The van der Waals surface area contributed by atoms with Crippen molar-refractivity contribution < 1.29 is 13.2 Å². The van der Waals surface area contributed by atoms with Gasteiger partial charge in [0.1, 0.15) is 6.67 Å². The molecular formula is C26H19F3N2. The molecule has 1 aliphatic heterocycles. The van der Waals surface area contributed by atoms with Gasteiger partial charge in [-0.3, -0.25) is 0 Å². The Balaban J connectivity index is 1.57. The number of alkyl halides is 3. The molecule has 5 rings (SSSR count). The quantitative estimate of drug-likeness (QED) is 0.339. The third kappa shape index (κ3) is 3.52. The molecule has 1 heterocycles. The van der Waals surface area contributed by atoms with Crippen molar-refractivity contribution in [3.8, 4) is 11.1 Å². The van der Waals surface area contributed by atoms with Gasteiger partial charge >= 0.3 is 6.18 Å². The molecule has 0 spiro atoms. The minimum absolute atomic E-state index is 0.184. The molecule has 4 aromatic rings. The summed E-state index contributed by atoms with van der Waals surface area (Å²) in [5.74, 6) is 0. The second kappa shape index (κ2) is 7.51. The van der Waals surface area contributed by atoms with Crippen molar-refractivity contribution in [1.82, 2.24) is 0 Å². The van der Waals surface area contributed by atoms with E-state index < -0.39 is 11.7 Å². The number of fused-ring (bicyclic) bond motifs is 1. The van der Waals surface area contributed by atoms with E-state index in [1.165, 1.54) is 12.1 Å². The fraction of sp³-hybridized carbons (Fsp3) is 0.0769. The van der Waals surface area contributed by atoms with Gasteiger partial charge in [0.25, 0.3) is 0 Å². The van der Waals surface area contributed by atoms with Gasteiger partial charge in [-0.25, -0.2) is 0 Å². The van der Waals surface area contributed by atoms with E-state index in [4.69, 9.17) is 0 Å². The van der Waals surface area contributed by atoms with Gasteiger partial charge in [-0.2, -0.15) is 13.2 Å². The molecule has 154 valence electrons. The Bertz CT molecular complexity index is 1220. The van der Waals surface area contributed by atoms with Gasteiger partial charge in [-0.1, -0.05) is 60.7 Å². The lowest BCUT2D eigenvalue weighted by molar-refractivity contribution is -0.137. The van der Waals surface area contributed by atoms with Gasteiger partial charge in [-0.15, -0.1) is 0 Å². The van der Waals surface area contributed by atoms with Crippen LogP contribution < -0.4 is 9.80 Å². The number of benzene rings is 4. The number of anilines is 4. The first-order valence-corrected chi connectivity index (χ1v) is 9.98. The molecule has 0 aromatic heterocycles. The number of rotatable bonds is 3. The Morgan fingerprint density at radius 1 is 0.581 bits per heavy atom. The third-order valence-electron chi connectivity index (χ3n) is 5.52. The molecule has 0 unspecified atom stereocenters. The second-order valence-corrected chi connectivity index (χ2v) is 7.42. The maximum Gasteiger partial charge on any atom is 0.417 e. The average molecular weight is 416 g/mol.